The molecule has 0 aliphatic heterocycles. The van der Waals surface area contributed by atoms with Gasteiger partial charge in [-0.2, -0.15) is 0 Å². The van der Waals surface area contributed by atoms with Crippen LogP contribution in [0, 0.1) is 15.9 Å². The summed E-state index contributed by atoms with van der Waals surface area (Å²) in [4.78, 5) is 21.3. The second kappa shape index (κ2) is 6.53. The van der Waals surface area contributed by atoms with E-state index >= 15 is 0 Å². The van der Waals surface area contributed by atoms with Gasteiger partial charge in [0.2, 0.25) is 5.91 Å². The number of rotatable bonds is 6. The lowest BCUT2D eigenvalue weighted by Gasteiger charge is -2.07. The number of nitrogens with zero attached hydrogens (tertiary/aromatic N) is 1. The average molecular weight is 255 g/mol. The highest BCUT2D eigenvalue weighted by Gasteiger charge is 2.15. The lowest BCUT2D eigenvalue weighted by atomic mass is 10.2. The molecule has 0 fully saturated rings. The van der Waals surface area contributed by atoms with Crippen molar-refractivity contribution in [3.63, 3.8) is 0 Å². The average Bonchev–Trinajstić information content (AvgIpc) is 2.34. The van der Waals surface area contributed by atoms with Gasteiger partial charge in [0, 0.05) is 6.54 Å². The van der Waals surface area contributed by atoms with Crippen molar-refractivity contribution in [3.8, 4) is 0 Å². The van der Waals surface area contributed by atoms with Crippen molar-refractivity contribution < 1.29 is 14.1 Å². The number of halogens is 1. The zero-order chi connectivity index (χ0) is 13.5. The van der Waals surface area contributed by atoms with Gasteiger partial charge < -0.3 is 10.6 Å². The van der Waals surface area contributed by atoms with Crippen LogP contribution in [0.3, 0.4) is 0 Å². The van der Waals surface area contributed by atoms with Gasteiger partial charge in [-0.05, 0) is 18.6 Å². The number of benzene rings is 1. The molecule has 1 amide bonds. The summed E-state index contributed by atoms with van der Waals surface area (Å²) in [6.45, 7) is 2.37. The fourth-order valence-corrected chi connectivity index (χ4v) is 1.31. The molecule has 7 heteroatoms. The molecule has 0 aliphatic rings. The maximum absolute atomic E-state index is 12.9. The Bertz CT molecular complexity index is 451. The van der Waals surface area contributed by atoms with Crippen LogP contribution in [0.15, 0.2) is 18.2 Å². The van der Waals surface area contributed by atoms with Gasteiger partial charge in [0.15, 0.2) is 0 Å². The molecule has 6 nitrogen and oxygen atoms in total. The van der Waals surface area contributed by atoms with E-state index in [1.807, 2.05) is 6.92 Å². The van der Waals surface area contributed by atoms with Crippen LogP contribution in [0.4, 0.5) is 15.8 Å². The van der Waals surface area contributed by atoms with Crippen LogP contribution in [-0.4, -0.2) is 23.9 Å². The molecule has 0 atom stereocenters. The molecule has 18 heavy (non-hydrogen) atoms. The largest absolute Gasteiger partial charge is 0.371 e. The predicted octanol–water partition coefficient (Wildman–Crippen LogP) is 1.67. The Morgan fingerprint density at radius 2 is 2.22 bits per heavy atom. The summed E-state index contributed by atoms with van der Waals surface area (Å²) in [5.41, 5.74) is -0.272. The first kappa shape index (κ1) is 13.9. The van der Waals surface area contributed by atoms with E-state index < -0.39 is 16.4 Å². The normalized spacial score (nSPS) is 9.89. The van der Waals surface area contributed by atoms with Crippen molar-refractivity contribution >= 4 is 17.3 Å². The van der Waals surface area contributed by atoms with E-state index in [0.29, 0.717) is 6.54 Å². The van der Waals surface area contributed by atoms with E-state index in [0.717, 1.165) is 18.6 Å². The van der Waals surface area contributed by atoms with Gasteiger partial charge in [-0.15, -0.1) is 0 Å². The Balaban J connectivity index is 2.67. The highest BCUT2D eigenvalue weighted by molar-refractivity contribution is 5.81. The Morgan fingerprint density at radius 3 is 2.83 bits per heavy atom. The van der Waals surface area contributed by atoms with Gasteiger partial charge in [0.1, 0.15) is 11.5 Å². The second-order valence-electron chi connectivity index (χ2n) is 3.62. The Kier molecular flexibility index (Phi) is 5.04. The molecular formula is C11H14FN3O3. The van der Waals surface area contributed by atoms with Crippen LogP contribution < -0.4 is 10.6 Å². The standard InChI is InChI=1S/C11H14FN3O3/c1-2-5-13-11(16)7-14-9-4-3-8(12)6-10(9)15(17)18/h3-4,6,14H,2,5,7H2,1H3,(H,13,16). The molecule has 98 valence electrons. The lowest BCUT2D eigenvalue weighted by Crippen LogP contribution is -2.30. The number of nitro groups is 1. The van der Waals surface area contributed by atoms with Gasteiger partial charge in [-0.1, -0.05) is 6.92 Å². The van der Waals surface area contributed by atoms with Crippen LogP contribution in [0.25, 0.3) is 0 Å². The number of carbonyl (C=O) groups excluding carboxylic acids is 1. The highest BCUT2D eigenvalue weighted by Crippen LogP contribution is 2.24. The molecule has 0 saturated carbocycles. The fraction of sp³-hybridized carbons (Fsp3) is 0.364. The number of amides is 1. The van der Waals surface area contributed by atoms with Crippen molar-refractivity contribution in [3.05, 3.63) is 34.1 Å². The molecule has 0 heterocycles. The van der Waals surface area contributed by atoms with E-state index in [1.54, 1.807) is 0 Å². The molecule has 1 aromatic carbocycles. The molecule has 1 rings (SSSR count). The number of nitrogens with one attached hydrogen (secondary N) is 2. The smallest absolute Gasteiger partial charge is 0.295 e. The molecule has 0 spiro atoms. The molecule has 0 aliphatic carbocycles. The summed E-state index contributed by atoms with van der Waals surface area (Å²) in [6.07, 6.45) is 0.808. The summed E-state index contributed by atoms with van der Waals surface area (Å²) < 4.78 is 12.9. The van der Waals surface area contributed by atoms with Crippen LogP contribution in [-0.2, 0) is 4.79 Å². The quantitative estimate of drug-likeness (QED) is 0.598. The van der Waals surface area contributed by atoms with Gasteiger partial charge >= 0.3 is 0 Å². The van der Waals surface area contributed by atoms with E-state index in [4.69, 9.17) is 0 Å². The molecular weight excluding hydrogens is 241 g/mol. The first-order valence-electron chi connectivity index (χ1n) is 5.49. The topological polar surface area (TPSA) is 84.3 Å². The minimum absolute atomic E-state index is 0.0908. The summed E-state index contributed by atoms with van der Waals surface area (Å²) in [5, 5.41) is 15.9. The summed E-state index contributed by atoms with van der Waals surface area (Å²) in [5.74, 6) is -0.960. The van der Waals surface area contributed by atoms with Gasteiger partial charge in [0.25, 0.3) is 5.69 Å². The third-order valence-corrected chi connectivity index (χ3v) is 2.17. The molecule has 0 aromatic heterocycles. The zero-order valence-corrected chi connectivity index (χ0v) is 9.90. The number of nitro benzene ring substituents is 1. The second-order valence-corrected chi connectivity index (χ2v) is 3.62. The maximum atomic E-state index is 12.9. The Labute approximate surface area is 103 Å². The first-order chi connectivity index (χ1) is 8.54. The van der Waals surface area contributed by atoms with Crippen LogP contribution in [0.1, 0.15) is 13.3 Å². The fourth-order valence-electron chi connectivity index (χ4n) is 1.31. The summed E-state index contributed by atoms with van der Waals surface area (Å²) >= 11 is 0. The van der Waals surface area contributed by atoms with Crippen molar-refractivity contribution in [1.82, 2.24) is 5.32 Å². The van der Waals surface area contributed by atoms with Crippen LogP contribution in [0.5, 0.6) is 0 Å². The van der Waals surface area contributed by atoms with E-state index in [9.17, 15) is 19.3 Å². The van der Waals surface area contributed by atoms with Gasteiger partial charge in [-0.25, -0.2) is 4.39 Å². The Morgan fingerprint density at radius 1 is 1.50 bits per heavy atom. The van der Waals surface area contributed by atoms with Crippen LogP contribution >= 0.6 is 0 Å². The van der Waals surface area contributed by atoms with Gasteiger partial charge in [0.05, 0.1) is 17.5 Å². The SMILES string of the molecule is CCCNC(=O)CNc1ccc(F)cc1[N+](=O)[O-]. The highest BCUT2D eigenvalue weighted by atomic mass is 19.1. The van der Waals surface area contributed by atoms with Gasteiger partial charge in [-0.3, -0.25) is 14.9 Å². The van der Waals surface area contributed by atoms with E-state index in [2.05, 4.69) is 10.6 Å². The summed E-state index contributed by atoms with van der Waals surface area (Å²) in [6, 6.07) is 3.14. The van der Waals surface area contributed by atoms with Crippen molar-refractivity contribution in [1.29, 1.82) is 0 Å². The number of anilines is 1. The zero-order valence-electron chi connectivity index (χ0n) is 9.90. The lowest BCUT2D eigenvalue weighted by molar-refractivity contribution is -0.384. The van der Waals surface area contributed by atoms with Crippen LogP contribution in [0.2, 0.25) is 0 Å². The molecule has 0 radical (unpaired) electrons. The number of hydrogen-bond donors (Lipinski definition) is 2. The molecule has 1 aromatic rings. The number of carbonyl (C=O) groups is 1. The molecule has 0 saturated heterocycles. The first-order valence-corrected chi connectivity index (χ1v) is 5.49. The van der Waals surface area contributed by atoms with E-state index in [-0.39, 0.29) is 18.1 Å². The molecule has 0 bridgehead atoms. The van der Waals surface area contributed by atoms with Crippen molar-refractivity contribution in [2.45, 2.75) is 13.3 Å². The minimum atomic E-state index is -0.699. The maximum Gasteiger partial charge on any atom is 0.295 e. The third-order valence-electron chi connectivity index (χ3n) is 2.17. The van der Waals surface area contributed by atoms with Crippen molar-refractivity contribution in [2.75, 3.05) is 18.4 Å². The molecule has 2 N–H and O–H groups in total. The predicted molar refractivity (Wildman–Crippen MR) is 64.8 cm³/mol. The molecule has 0 unspecified atom stereocenters. The third kappa shape index (κ3) is 4.00. The monoisotopic (exact) mass is 255 g/mol. The van der Waals surface area contributed by atoms with E-state index in [1.165, 1.54) is 6.07 Å². The minimum Gasteiger partial charge on any atom is -0.371 e. The summed E-state index contributed by atoms with van der Waals surface area (Å²) in [7, 11) is 0. The van der Waals surface area contributed by atoms with Crippen molar-refractivity contribution in [2.24, 2.45) is 0 Å². The number of hydrogen-bond acceptors (Lipinski definition) is 4. The Hall–Kier alpha value is -2.18.